The van der Waals surface area contributed by atoms with Crippen molar-refractivity contribution >= 4 is 18.2 Å². The van der Waals surface area contributed by atoms with Gasteiger partial charge in [-0.1, -0.05) is 0 Å². The van der Waals surface area contributed by atoms with E-state index in [1.54, 1.807) is 18.2 Å². The second kappa shape index (κ2) is 13.9. The first-order chi connectivity index (χ1) is 19.8. The summed E-state index contributed by atoms with van der Waals surface area (Å²) in [5.74, 6) is 0.111. The Hall–Kier alpha value is -3.45. The quantitative estimate of drug-likeness (QED) is 0.330. The SMILES string of the molecule is CC(C1CCC(N=C=O)CC1)n1c(=O)n(CC2CCC(N=C=O)CC2)c(=O)n(C(C)C2CCC(N=C=O)CC2)c1=O. The molecule has 0 aliphatic heterocycles. The van der Waals surface area contributed by atoms with Gasteiger partial charge in [-0.3, -0.25) is 0 Å². The van der Waals surface area contributed by atoms with Gasteiger partial charge in [-0.15, -0.1) is 0 Å². The van der Waals surface area contributed by atoms with Crippen LogP contribution in [0.4, 0.5) is 0 Å². The maximum Gasteiger partial charge on any atom is 0.336 e. The smallest absolute Gasteiger partial charge is 0.247 e. The summed E-state index contributed by atoms with van der Waals surface area (Å²) in [5, 5.41) is 0. The minimum absolute atomic E-state index is 0.0292. The Balaban J connectivity index is 1.69. The van der Waals surface area contributed by atoms with Crippen LogP contribution in [0.3, 0.4) is 0 Å². The van der Waals surface area contributed by atoms with Crippen LogP contribution >= 0.6 is 0 Å². The lowest BCUT2D eigenvalue weighted by Crippen LogP contribution is -2.58. The standard InChI is InChI=1S/C29H40N6O6/c1-19(22-5-11-25(12-6-22)31-17-37)34-27(39)33(15-21-3-9-24(10-4-21)30-16-36)28(40)35(29(34)41)20(2)23-7-13-26(14-8-23)32-18-38/h19-26H,3-15H2,1-2H3. The van der Waals surface area contributed by atoms with E-state index >= 15 is 0 Å². The van der Waals surface area contributed by atoms with Crippen LogP contribution in [-0.4, -0.2) is 50.1 Å². The van der Waals surface area contributed by atoms with E-state index in [2.05, 4.69) is 15.0 Å². The second-order valence-electron chi connectivity index (χ2n) is 12.2. The molecule has 3 saturated carbocycles. The van der Waals surface area contributed by atoms with Crippen molar-refractivity contribution in [1.82, 2.24) is 13.7 Å². The van der Waals surface area contributed by atoms with E-state index in [9.17, 15) is 28.8 Å². The fourth-order valence-electron chi connectivity index (χ4n) is 7.26. The summed E-state index contributed by atoms with van der Waals surface area (Å²) >= 11 is 0. The van der Waals surface area contributed by atoms with Gasteiger partial charge in [-0.25, -0.2) is 57.4 Å². The molecule has 41 heavy (non-hydrogen) atoms. The Kier molecular flexibility index (Phi) is 10.4. The molecule has 0 spiro atoms. The number of isocyanates is 3. The zero-order chi connectivity index (χ0) is 29.5. The highest BCUT2D eigenvalue weighted by Gasteiger charge is 2.33. The van der Waals surface area contributed by atoms with Crippen molar-refractivity contribution in [2.75, 3.05) is 0 Å². The first kappa shape index (κ1) is 30.5. The van der Waals surface area contributed by atoms with Crippen LogP contribution in [0.5, 0.6) is 0 Å². The summed E-state index contributed by atoms with van der Waals surface area (Å²) in [6, 6.07) is -1.12. The lowest BCUT2D eigenvalue weighted by molar-refractivity contribution is 0.200. The van der Waals surface area contributed by atoms with E-state index in [1.165, 1.54) is 13.7 Å². The Bertz CT molecular complexity index is 1300. The predicted molar refractivity (Wildman–Crippen MR) is 150 cm³/mol. The molecular formula is C29H40N6O6. The molecule has 0 radical (unpaired) electrons. The topological polar surface area (TPSA) is 154 Å². The number of nitrogens with zero attached hydrogens (tertiary/aromatic N) is 6. The molecule has 3 aliphatic carbocycles. The summed E-state index contributed by atoms with van der Waals surface area (Å²) in [5.41, 5.74) is -1.75. The minimum Gasteiger partial charge on any atom is -0.247 e. The molecule has 1 aromatic rings. The highest BCUT2D eigenvalue weighted by Crippen LogP contribution is 2.35. The van der Waals surface area contributed by atoms with E-state index in [1.807, 2.05) is 13.8 Å². The van der Waals surface area contributed by atoms with Crippen molar-refractivity contribution in [1.29, 1.82) is 0 Å². The Morgan fingerprint density at radius 1 is 0.585 bits per heavy atom. The Morgan fingerprint density at radius 2 is 0.927 bits per heavy atom. The van der Waals surface area contributed by atoms with Gasteiger partial charge in [0.1, 0.15) is 0 Å². The third-order valence-corrected chi connectivity index (χ3v) is 9.91. The van der Waals surface area contributed by atoms with Crippen LogP contribution in [0.15, 0.2) is 29.4 Å². The molecule has 4 rings (SSSR count). The maximum absolute atomic E-state index is 14.0. The molecule has 0 amide bonds. The van der Waals surface area contributed by atoms with E-state index < -0.39 is 29.2 Å². The van der Waals surface area contributed by atoms with Crippen LogP contribution in [0.2, 0.25) is 0 Å². The van der Waals surface area contributed by atoms with Gasteiger partial charge < -0.3 is 0 Å². The largest absolute Gasteiger partial charge is 0.336 e. The first-order valence-corrected chi connectivity index (χ1v) is 15.0. The van der Waals surface area contributed by atoms with Gasteiger partial charge in [-0.2, -0.15) is 0 Å². The molecular weight excluding hydrogens is 528 g/mol. The molecule has 0 bridgehead atoms. The van der Waals surface area contributed by atoms with Crippen molar-refractivity contribution in [2.24, 2.45) is 32.7 Å². The molecule has 0 N–H and O–H groups in total. The zero-order valence-electron chi connectivity index (χ0n) is 23.9. The lowest BCUT2D eigenvalue weighted by Gasteiger charge is -2.34. The average Bonchev–Trinajstić information content (AvgIpc) is 2.97. The highest BCUT2D eigenvalue weighted by molar-refractivity contribution is 5.34. The fourth-order valence-corrected chi connectivity index (χ4v) is 7.26. The molecule has 3 fully saturated rings. The number of carbonyl (C=O) groups excluding carboxylic acids is 3. The molecule has 12 nitrogen and oxygen atoms in total. The van der Waals surface area contributed by atoms with Crippen LogP contribution in [-0.2, 0) is 20.9 Å². The predicted octanol–water partition coefficient (Wildman–Crippen LogP) is 2.98. The summed E-state index contributed by atoms with van der Waals surface area (Å²) < 4.78 is 3.79. The fraction of sp³-hybridized carbons (Fsp3) is 0.793. The molecule has 2 atom stereocenters. The molecule has 3 aliphatic rings. The van der Waals surface area contributed by atoms with Crippen molar-refractivity contribution < 1.29 is 14.4 Å². The zero-order valence-corrected chi connectivity index (χ0v) is 23.9. The lowest BCUT2D eigenvalue weighted by atomic mass is 9.82. The van der Waals surface area contributed by atoms with E-state index in [4.69, 9.17) is 0 Å². The van der Waals surface area contributed by atoms with Crippen LogP contribution in [0.1, 0.15) is 103 Å². The molecule has 0 saturated heterocycles. The Labute approximate surface area is 238 Å². The van der Waals surface area contributed by atoms with Crippen molar-refractivity contribution in [3.8, 4) is 0 Å². The van der Waals surface area contributed by atoms with E-state index in [0.717, 1.165) is 0 Å². The third kappa shape index (κ3) is 6.89. The number of aliphatic imine (C=N–C) groups is 3. The highest BCUT2D eigenvalue weighted by atomic mass is 16.2. The monoisotopic (exact) mass is 568 g/mol. The Morgan fingerprint density at radius 3 is 1.27 bits per heavy atom. The average molecular weight is 569 g/mol. The minimum atomic E-state index is -0.582. The van der Waals surface area contributed by atoms with E-state index in [0.29, 0.717) is 77.0 Å². The molecule has 222 valence electrons. The van der Waals surface area contributed by atoms with Gasteiger partial charge in [0.05, 0.1) is 18.1 Å². The number of aromatic nitrogens is 3. The van der Waals surface area contributed by atoms with Gasteiger partial charge >= 0.3 is 17.1 Å². The summed E-state index contributed by atoms with van der Waals surface area (Å²) in [4.78, 5) is 85.4. The second-order valence-corrected chi connectivity index (χ2v) is 12.2. The van der Waals surface area contributed by atoms with Crippen LogP contribution in [0, 0.1) is 17.8 Å². The van der Waals surface area contributed by atoms with Gasteiger partial charge in [0.25, 0.3) is 0 Å². The summed E-state index contributed by atoms with van der Waals surface area (Å²) in [7, 11) is 0. The van der Waals surface area contributed by atoms with Gasteiger partial charge in [0, 0.05) is 18.6 Å². The van der Waals surface area contributed by atoms with Gasteiger partial charge in [-0.05, 0) is 109 Å². The van der Waals surface area contributed by atoms with E-state index in [-0.39, 0.29) is 42.4 Å². The van der Waals surface area contributed by atoms with Crippen molar-refractivity contribution in [3.63, 3.8) is 0 Å². The molecule has 12 heteroatoms. The normalized spacial score (nSPS) is 29.7. The van der Waals surface area contributed by atoms with Gasteiger partial charge in [0.15, 0.2) is 0 Å². The van der Waals surface area contributed by atoms with Crippen LogP contribution in [0.25, 0.3) is 0 Å². The van der Waals surface area contributed by atoms with Crippen molar-refractivity contribution in [2.45, 2.75) is 128 Å². The first-order valence-electron chi connectivity index (χ1n) is 15.0. The molecule has 0 aromatic carbocycles. The maximum atomic E-state index is 14.0. The molecule has 1 aromatic heterocycles. The van der Waals surface area contributed by atoms with Gasteiger partial charge in [0.2, 0.25) is 18.2 Å². The number of rotatable bonds is 9. The molecule has 1 heterocycles. The van der Waals surface area contributed by atoms with Crippen LogP contribution < -0.4 is 17.1 Å². The number of hydrogen-bond donors (Lipinski definition) is 0. The third-order valence-electron chi connectivity index (χ3n) is 9.91. The summed E-state index contributed by atoms with van der Waals surface area (Å²) in [6.45, 7) is 3.94. The van der Waals surface area contributed by atoms with Crippen molar-refractivity contribution in [3.05, 3.63) is 31.5 Å². The number of hydrogen-bond acceptors (Lipinski definition) is 9. The summed E-state index contributed by atoms with van der Waals surface area (Å²) in [6.07, 6.45) is 13.3. The molecule has 2 unspecified atom stereocenters.